The highest BCUT2D eigenvalue weighted by Gasteiger charge is 2.71. The van der Waals surface area contributed by atoms with Gasteiger partial charge in [0.1, 0.15) is 6.10 Å². The second-order valence-electron chi connectivity index (χ2n) is 12.0. The number of benzene rings is 3. The number of β-amino-alcohol motifs (C(OH)–C–C–N with tert-alkyl or cyclic N) is 1. The number of aliphatic hydroxyl groups is 1. The Morgan fingerprint density at radius 3 is 2.33 bits per heavy atom. The van der Waals surface area contributed by atoms with E-state index in [4.69, 9.17) is 20.8 Å². The summed E-state index contributed by atoms with van der Waals surface area (Å²) < 4.78 is 91.6. The number of hydrogen-bond acceptors (Lipinski definition) is 6. The van der Waals surface area contributed by atoms with Gasteiger partial charge in [0.15, 0.2) is 22.8 Å². The van der Waals surface area contributed by atoms with Crippen molar-refractivity contribution in [3.63, 3.8) is 0 Å². The van der Waals surface area contributed by atoms with Gasteiger partial charge in [0.2, 0.25) is 0 Å². The van der Waals surface area contributed by atoms with E-state index in [1.54, 1.807) is 55.5 Å². The molecular weight excluding hydrogens is 649 g/mol. The largest absolute Gasteiger partial charge is 0.493 e. The molecule has 0 radical (unpaired) electrons. The first-order valence-electron chi connectivity index (χ1n) is 15.7. The molecule has 5 rings (SSSR count). The van der Waals surface area contributed by atoms with Gasteiger partial charge in [-0.25, -0.2) is 4.85 Å². The van der Waals surface area contributed by atoms with Gasteiger partial charge in [-0.3, -0.25) is 9.69 Å². The number of hydrogen-bond donors (Lipinski definition) is 1. The maximum absolute atomic E-state index is 15.6. The van der Waals surface area contributed by atoms with E-state index in [9.17, 15) is 23.1 Å². The topological polar surface area (TPSA) is 77.5 Å². The molecule has 13 heteroatoms. The molecule has 0 bridgehead atoms. The van der Waals surface area contributed by atoms with Crippen LogP contribution in [0.3, 0.4) is 0 Å². The van der Waals surface area contributed by atoms with Crippen LogP contribution in [0.5, 0.6) is 11.5 Å². The number of rotatable bonds is 12. The molecule has 1 unspecified atom stereocenters. The second-order valence-corrected chi connectivity index (χ2v) is 12.0. The molecule has 0 amide bonds. The Kier molecular flexibility index (Phi) is 10.5. The third-order valence-electron chi connectivity index (χ3n) is 8.67. The number of ether oxygens (including phenoxy) is 3. The van der Waals surface area contributed by atoms with Gasteiger partial charge in [0.05, 0.1) is 26.7 Å². The Bertz CT molecular complexity index is 1810. The highest BCUT2D eigenvalue weighted by Crippen LogP contribution is 2.51. The van der Waals surface area contributed by atoms with E-state index >= 15 is 8.78 Å². The fourth-order valence-electron chi connectivity index (χ4n) is 6.16. The Hall–Kier alpha value is -4.67. The minimum Gasteiger partial charge on any atom is -0.493 e. The molecule has 1 atom stereocenters. The average molecular weight is 686 g/mol. The Labute approximate surface area is 280 Å². The molecule has 1 saturated heterocycles. The number of nitrogens with zero attached hydrogens (tertiary/aromatic N) is 3. The van der Waals surface area contributed by atoms with E-state index in [2.05, 4.69) is 4.85 Å². The van der Waals surface area contributed by atoms with E-state index in [-0.39, 0.29) is 62.1 Å². The van der Waals surface area contributed by atoms with Crippen molar-refractivity contribution in [2.24, 2.45) is 0 Å². The van der Waals surface area contributed by atoms with E-state index in [1.807, 2.05) is 0 Å². The molecule has 2 heterocycles. The van der Waals surface area contributed by atoms with Crippen molar-refractivity contribution in [3.8, 4) is 11.5 Å². The number of alkyl halides is 5. The lowest BCUT2D eigenvalue weighted by Crippen LogP contribution is -2.60. The number of piperidine rings is 1. The van der Waals surface area contributed by atoms with Crippen LogP contribution < -0.4 is 9.47 Å². The second kappa shape index (κ2) is 14.4. The van der Waals surface area contributed by atoms with E-state index in [1.165, 1.54) is 34.8 Å². The smallest absolute Gasteiger partial charge is 0.456 e. The number of methoxy groups -OCH3 is 1. The van der Waals surface area contributed by atoms with Gasteiger partial charge in [0, 0.05) is 48.8 Å². The summed E-state index contributed by atoms with van der Waals surface area (Å²) in [5.41, 5.74) is -2.43. The summed E-state index contributed by atoms with van der Waals surface area (Å²) in [6, 6.07) is 17.9. The molecule has 1 fully saturated rings. The molecular formula is C36H36F5N3O5. The highest BCUT2D eigenvalue weighted by molar-refractivity contribution is 5.88. The lowest BCUT2D eigenvalue weighted by molar-refractivity contribution is -0.348. The fourth-order valence-corrected chi connectivity index (χ4v) is 6.16. The molecule has 1 aliphatic heterocycles. The fraction of sp³-hybridized carbons (Fsp3) is 0.389. The normalized spacial score (nSPS) is 15.8. The molecule has 3 aromatic carbocycles. The summed E-state index contributed by atoms with van der Waals surface area (Å²) in [6.07, 6.45) is -4.77. The first kappa shape index (κ1) is 35.6. The molecule has 4 aromatic rings. The van der Waals surface area contributed by atoms with Gasteiger partial charge in [-0.1, -0.05) is 48.5 Å². The molecule has 8 nitrogen and oxygen atoms in total. The Morgan fingerprint density at radius 2 is 1.69 bits per heavy atom. The first-order chi connectivity index (χ1) is 23.3. The van der Waals surface area contributed by atoms with Crippen LogP contribution in [0, 0.1) is 6.57 Å². The number of likely N-dealkylation sites (tertiary alicyclic amines) is 1. The lowest BCUT2D eigenvalue weighted by atomic mass is 9.85. The van der Waals surface area contributed by atoms with Crippen LogP contribution in [-0.4, -0.2) is 72.1 Å². The van der Waals surface area contributed by atoms with Crippen molar-refractivity contribution in [3.05, 3.63) is 101 Å². The highest BCUT2D eigenvalue weighted by atomic mass is 19.4. The minimum absolute atomic E-state index is 0.00789. The zero-order valence-corrected chi connectivity index (χ0v) is 27.0. The lowest BCUT2D eigenvalue weighted by Gasteiger charge is -2.42. The third-order valence-corrected chi connectivity index (χ3v) is 8.67. The summed E-state index contributed by atoms with van der Waals surface area (Å²) in [5, 5.41) is 11.7. The number of esters is 1. The predicted molar refractivity (Wildman–Crippen MR) is 172 cm³/mol. The molecule has 0 spiro atoms. The summed E-state index contributed by atoms with van der Waals surface area (Å²) in [7, 11) is 1.44. The zero-order valence-electron chi connectivity index (χ0n) is 27.0. The number of halogens is 5. The van der Waals surface area contributed by atoms with Gasteiger partial charge < -0.3 is 23.9 Å². The van der Waals surface area contributed by atoms with Crippen molar-refractivity contribution in [2.45, 2.75) is 56.5 Å². The average Bonchev–Trinajstić information content (AvgIpc) is 3.44. The maximum Gasteiger partial charge on any atom is 0.456 e. The monoisotopic (exact) mass is 685 g/mol. The standard InChI is InChI=1S/C36H36F5N3O5/c1-4-48-33(45)19-25-10-13-31(32(18-25)47-3)49-27-14-16-43(17-15-27)23-34(46,35(37,38)36(39,40)41)29-22-44(21-24-8-6-5-7-9-24)30-20-26(42-2)11-12-28(29)30/h5-13,18,20,22,27,46H,4,14-17,19,21,23H2,1,3H3. The third kappa shape index (κ3) is 7.50. The number of fused-ring (bicyclic) bond motifs is 1. The predicted octanol–water partition coefficient (Wildman–Crippen LogP) is 7.28. The first-order valence-corrected chi connectivity index (χ1v) is 15.7. The van der Waals surface area contributed by atoms with Gasteiger partial charge in [-0.15, -0.1) is 0 Å². The number of carbonyl (C=O) groups excluding carboxylic acids is 1. The van der Waals surface area contributed by atoms with Crippen molar-refractivity contribution in [1.82, 2.24) is 9.47 Å². The van der Waals surface area contributed by atoms with Gasteiger partial charge in [-0.2, -0.15) is 22.0 Å². The summed E-state index contributed by atoms with van der Waals surface area (Å²) in [4.78, 5) is 16.7. The van der Waals surface area contributed by atoms with Crippen LogP contribution in [0.2, 0.25) is 0 Å². The van der Waals surface area contributed by atoms with Gasteiger partial charge in [0.25, 0.3) is 0 Å². The van der Waals surface area contributed by atoms with Crippen LogP contribution in [0.1, 0.15) is 36.5 Å². The SMILES string of the molecule is [C-]#[N+]c1ccc2c(C(O)(CN3CCC(Oc4ccc(CC(=O)OCC)cc4OC)CC3)C(F)(F)C(F)(F)F)cn(Cc3ccccc3)c2c1. The minimum atomic E-state index is -6.07. The van der Waals surface area contributed by atoms with Crippen molar-refractivity contribution in [1.29, 1.82) is 0 Å². The van der Waals surface area contributed by atoms with Crippen molar-refractivity contribution < 1.29 is 46.1 Å². The molecule has 1 aromatic heterocycles. The number of aromatic nitrogens is 1. The summed E-state index contributed by atoms with van der Waals surface area (Å²) in [6.45, 7) is 8.60. The van der Waals surface area contributed by atoms with Gasteiger partial charge in [-0.05, 0) is 49.1 Å². The van der Waals surface area contributed by atoms with Crippen LogP contribution in [-0.2, 0) is 28.1 Å². The summed E-state index contributed by atoms with van der Waals surface area (Å²) >= 11 is 0. The quantitative estimate of drug-likeness (QED) is 0.0960. The zero-order chi connectivity index (χ0) is 35.4. The molecule has 49 heavy (non-hydrogen) atoms. The van der Waals surface area contributed by atoms with E-state index in [0.717, 1.165) is 11.8 Å². The molecule has 260 valence electrons. The maximum atomic E-state index is 15.6. The Balaban J connectivity index is 1.40. The van der Waals surface area contributed by atoms with E-state index < -0.39 is 41.9 Å². The molecule has 0 saturated carbocycles. The van der Waals surface area contributed by atoms with Crippen molar-refractivity contribution in [2.75, 3.05) is 33.4 Å². The van der Waals surface area contributed by atoms with E-state index in [0.29, 0.717) is 17.1 Å². The van der Waals surface area contributed by atoms with Crippen LogP contribution in [0.4, 0.5) is 27.6 Å². The van der Waals surface area contributed by atoms with Gasteiger partial charge >= 0.3 is 18.1 Å². The molecule has 1 N–H and O–H groups in total. The summed E-state index contributed by atoms with van der Waals surface area (Å²) in [5.74, 6) is -5.16. The molecule has 0 aliphatic carbocycles. The van der Waals surface area contributed by atoms with Crippen LogP contribution in [0.25, 0.3) is 15.7 Å². The number of carbonyl (C=O) groups is 1. The van der Waals surface area contributed by atoms with Crippen LogP contribution in [0.15, 0.2) is 72.9 Å². The van der Waals surface area contributed by atoms with Crippen LogP contribution >= 0.6 is 0 Å². The molecule has 1 aliphatic rings. The van der Waals surface area contributed by atoms with Crippen molar-refractivity contribution >= 4 is 22.6 Å². The Morgan fingerprint density at radius 1 is 0.980 bits per heavy atom.